The Balaban J connectivity index is 2.65. The van der Waals surface area contributed by atoms with Crippen LogP contribution in [0.3, 0.4) is 0 Å². The van der Waals surface area contributed by atoms with Crippen molar-refractivity contribution in [1.29, 1.82) is 0 Å². The predicted octanol–water partition coefficient (Wildman–Crippen LogP) is 0.187. The number of carbonyl (C=O) groups excluding carboxylic acids is 1. The minimum Gasteiger partial charge on any atom is -0.357 e. The van der Waals surface area contributed by atoms with E-state index < -0.39 is 9.84 Å². The van der Waals surface area contributed by atoms with Crippen LogP contribution in [-0.2, 0) is 14.6 Å². The molecule has 0 radical (unpaired) electrons. The number of aliphatic imine (C=N–C) groups is 1. The topological polar surface area (TPSA) is 82.1 Å². The van der Waals surface area contributed by atoms with E-state index in [9.17, 15) is 13.2 Å². The molecular formula is C15H30N4O3S. The first-order chi connectivity index (χ1) is 10.8. The van der Waals surface area contributed by atoms with Gasteiger partial charge < -0.3 is 15.1 Å². The monoisotopic (exact) mass is 346 g/mol. The first-order valence-corrected chi connectivity index (χ1v) is 10.1. The smallest absolute Gasteiger partial charge is 0.242 e. The lowest BCUT2D eigenvalue weighted by Crippen LogP contribution is -2.45. The summed E-state index contributed by atoms with van der Waals surface area (Å²) >= 11 is 0. The summed E-state index contributed by atoms with van der Waals surface area (Å²) in [5.41, 5.74) is 0. The van der Waals surface area contributed by atoms with Crippen LogP contribution < -0.4 is 5.32 Å². The van der Waals surface area contributed by atoms with E-state index in [0.717, 1.165) is 0 Å². The first kappa shape index (κ1) is 19.7. The highest BCUT2D eigenvalue weighted by Gasteiger charge is 2.27. The molecule has 0 bridgehead atoms. The Hall–Kier alpha value is -1.31. The van der Waals surface area contributed by atoms with Crippen LogP contribution in [0.1, 0.15) is 27.2 Å². The Morgan fingerprint density at radius 2 is 1.91 bits per heavy atom. The zero-order valence-electron chi connectivity index (χ0n) is 14.7. The molecule has 1 aliphatic heterocycles. The number of nitrogens with zero attached hydrogens (tertiary/aromatic N) is 3. The van der Waals surface area contributed by atoms with Crippen molar-refractivity contribution in [2.75, 3.05) is 51.3 Å². The number of likely N-dealkylation sites (N-methyl/N-ethyl adjacent to an activating group) is 2. The minimum absolute atomic E-state index is 0.0616. The van der Waals surface area contributed by atoms with Gasteiger partial charge >= 0.3 is 0 Å². The highest BCUT2D eigenvalue weighted by atomic mass is 32.2. The summed E-state index contributed by atoms with van der Waals surface area (Å²) in [6.07, 6.45) is 0.674. The van der Waals surface area contributed by atoms with Gasteiger partial charge in [0.05, 0.1) is 18.1 Å². The van der Waals surface area contributed by atoms with Crippen LogP contribution in [0.15, 0.2) is 4.99 Å². The van der Waals surface area contributed by atoms with Gasteiger partial charge in [-0.3, -0.25) is 9.79 Å². The van der Waals surface area contributed by atoms with E-state index in [1.807, 2.05) is 27.8 Å². The van der Waals surface area contributed by atoms with Crippen LogP contribution in [-0.4, -0.2) is 81.4 Å². The van der Waals surface area contributed by atoms with Gasteiger partial charge in [-0.25, -0.2) is 8.42 Å². The average Bonchev–Trinajstić information content (AvgIpc) is 2.83. The lowest BCUT2D eigenvalue weighted by molar-refractivity contribution is -0.131. The van der Waals surface area contributed by atoms with Crippen LogP contribution >= 0.6 is 0 Å². The van der Waals surface area contributed by atoms with Crippen LogP contribution in [0.25, 0.3) is 0 Å². The molecule has 0 aromatic rings. The summed E-state index contributed by atoms with van der Waals surface area (Å²) in [6.45, 7) is 8.71. The molecule has 1 amide bonds. The molecule has 1 aliphatic rings. The van der Waals surface area contributed by atoms with Crippen LogP contribution in [0.4, 0.5) is 0 Å². The number of hydrogen-bond donors (Lipinski definition) is 1. The molecule has 1 atom stereocenters. The van der Waals surface area contributed by atoms with Crippen LogP contribution in [0, 0.1) is 5.92 Å². The number of rotatable bonds is 7. The zero-order valence-corrected chi connectivity index (χ0v) is 15.5. The Kier molecular flexibility index (Phi) is 7.81. The maximum Gasteiger partial charge on any atom is 0.242 e. The van der Waals surface area contributed by atoms with Gasteiger partial charge in [-0.1, -0.05) is 0 Å². The second kappa shape index (κ2) is 9.10. The number of nitrogens with one attached hydrogen (secondary N) is 1. The molecule has 1 unspecified atom stereocenters. The first-order valence-electron chi connectivity index (χ1n) is 8.30. The van der Waals surface area contributed by atoms with Crippen molar-refractivity contribution >= 4 is 21.7 Å². The van der Waals surface area contributed by atoms with Gasteiger partial charge in [0.15, 0.2) is 15.8 Å². The predicted molar refractivity (Wildman–Crippen MR) is 93.3 cm³/mol. The minimum atomic E-state index is -2.88. The van der Waals surface area contributed by atoms with Crippen molar-refractivity contribution in [3.8, 4) is 0 Å². The van der Waals surface area contributed by atoms with Crippen molar-refractivity contribution in [2.24, 2.45) is 10.9 Å². The SMILES string of the molecule is CCNC(=NCC1CCS(=O)(=O)C1)N(C)CC(=O)N(CC)CC. The summed E-state index contributed by atoms with van der Waals surface area (Å²) in [5.74, 6) is 1.28. The molecule has 0 aromatic heterocycles. The second-order valence-corrected chi connectivity index (χ2v) is 8.11. The summed E-state index contributed by atoms with van der Waals surface area (Å²) in [4.78, 5) is 20.3. The van der Waals surface area contributed by atoms with Crippen molar-refractivity contribution in [1.82, 2.24) is 15.1 Å². The number of hydrogen-bond acceptors (Lipinski definition) is 4. The number of amides is 1. The summed E-state index contributed by atoms with van der Waals surface area (Å²) in [5, 5.41) is 3.16. The largest absolute Gasteiger partial charge is 0.357 e. The molecule has 134 valence electrons. The summed E-state index contributed by atoms with van der Waals surface area (Å²) in [6, 6.07) is 0. The van der Waals surface area contributed by atoms with E-state index in [0.29, 0.717) is 38.6 Å². The third-order valence-corrected chi connectivity index (χ3v) is 5.85. The molecule has 1 fully saturated rings. The maximum absolute atomic E-state index is 12.2. The molecule has 1 heterocycles. The van der Waals surface area contributed by atoms with Gasteiger partial charge in [0.2, 0.25) is 5.91 Å². The van der Waals surface area contributed by atoms with Crippen molar-refractivity contribution in [3.05, 3.63) is 0 Å². The highest BCUT2D eigenvalue weighted by molar-refractivity contribution is 7.91. The van der Waals surface area contributed by atoms with E-state index in [1.54, 1.807) is 9.80 Å². The second-order valence-electron chi connectivity index (χ2n) is 5.89. The lowest BCUT2D eigenvalue weighted by atomic mass is 10.1. The van der Waals surface area contributed by atoms with Gasteiger partial charge in [-0.2, -0.15) is 0 Å². The number of carbonyl (C=O) groups is 1. The Morgan fingerprint density at radius 3 is 2.39 bits per heavy atom. The Labute approximate surface area is 140 Å². The van der Waals surface area contributed by atoms with Gasteiger partial charge in [-0.15, -0.1) is 0 Å². The molecule has 1 rings (SSSR count). The lowest BCUT2D eigenvalue weighted by Gasteiger charge is -2.25. The van der Waals surface area contributed by atoms with E-state index in [-0.39, 0.29) is 29.9 Å². The molecule has 0 aromatic carbocycles. The standard InChI is InChI=1S/C15H30N4O3S/c1-5-16-15(17-10-13-8-9-23(21,22)12-13)18(4)11-14(20)19(6-2)7-3/h13H,5-12H2,1-4H3,(H,16,17). The molecule has 0 aliphatic carbocycles. The van der Waals surface area contributed by atoms with Crippen LogP contribution in [0.2, 0.25) is 0 Å². The fraction of sp³-hybridized carbons (Fsp3) is 0.867. The molecule has 0 spiro atoms. The molecule has 1 N–H and O–H groups in total. The fourth-order valence-electron chi connectivity index (χ4n) is 2.66. The highest BCUT2D eigenvalue weighted by Crippen LogP contribution is 2.18. The van der Waals surface area contributed by atoms with Gasteiger partial charge in [0.1, 0.15) is 0 Å². The van der Waals surface area contributed by atoms with Gasteiger partial charge in [-0.05, 0) is 33.1 Å². The van der Waals surface area contributed by atoms with Gasteiger partial charge in [0.25, 0.3) is 0 Å². The van der Waals surface area contributed by atoms with Gasteiger partial charge in [0, 0.05) is 33.2 Å². The van der Waals surface area contributed by atoms with Crippen molar-refractivity contribution in [2.45, 2.75) is 27.2 Å². The zero-order chi connectivity index (χ0) is 17.5. The normalized spacial score (nSPS) is 20.3. The molecular weight excluding hydrogens is 316 g/mol. The van der Waals surface area contributed by atoms with Crippen molar-refractivity contribution in [3.63, 3.8) is 0 Å². The quantitative estimate of drug-likeness (QED) is 0.525. The van der Waals surface area contributed by atoms with Crippen LogP contribution in [0.5, 0.6) is 0 Å². The maximum atomic E-state index is 12.2. The Morgan fingerprint density at radius 1 is 1.26 bits per heavy atom. The van der Waals surface area contributed by atoms with E-state index in [2.05, 4.69) is 10.3 Å². The van der Waals surface area contributed by atoms with E-state index in [1.165, 1.54) is 0 Å². The molecule has 8 heteroatoms. The van der Waals surface area contributed by atoms with E-state index in [4.69, 9.17) is 0 Å². The summed E-state index contributed by atoms with van der Waals surface area (Å²) in [7, 11) is -1.05. The average molecular weight is 346 g/mol. The molecule has 7 nitrogen and oxygen atoms in total. The third-order valence-electron chi connectivity index (χ3n) is 4.01. The number of sulfone groups is 1. The number of guanidine groups is 1. The summed E-state index contributed by atoms with van der Waals surface area (Å²) < 4.78 is 23.0. The third kappa shape index (κ3) is 6.37. The molecule has 0 saturated carbocycles. The fourth-order valence-corrected chi connectivity index (χ4v) is 4.50. The van der Waals surface area contributed by atoms with Crippen molar-refractivity contribution < 1.29 is 13.2 Å². The molecule has 1 saturated heterocycles. The molecule has 23 heavy (non-hydrogen) atoms. The van der Waals surface area contributed by atoms with E-state index >= 15 is 0 Å². The Bertz CT molecular complexity index is 515.